The number of hydrogen-bond donors (Lipinski definition) is 0. The van der Waals surface area contributed by atoms with Crippen LogP contribution in [0.2, 0.25) is 0 Å². The first-order valence-electron chi connectivity index (χ1n) is 6.17. The largest absolute Gasteiger partial charge is 0.337 e. The van der Waals surface area contributed by atoms with Crippen LogP contribution in [0.5, 0.6) is 0 Å². The minimum atomic E-state index is -0.445. The smallest absolute Gasteiger partial charge is 0.272 e. The van der Waals surface area contributed by atoms with Crippen LogP contribution < -0.4 is 0 Å². The summed E-state index contributed by atoms with van der Waals surface area (Å²) in [6, 6.07) is 4.45. The van der Waals surface area contributed by atoms with Crippen molar-refractivity contribution in [2.24, 2.45) is 0 Å². The van der Waals surface area contributed by atoms with Gasteiger partial charge < -0.3 is 4.90 Å². The number of carbonyl (C=O) groups is 1. The highest BCUT2D eigenvalue weighted by Gasteiger charge is 2.24. The number of benzene rings is 1. The SMILES string of the molecule is Cc1cc(C(=O)N2CCCC(Cl)C2)ccc1[N+](=O)[O-]. The maximum Gasteiger partial charge on any atom is 0.272 e. The second-order valence-electron chi connectivity index (χ2n) is 4.75. The molecular formula is C13H15ClN2O3. The van der Waals surface area contributed by atoms with Crippen molar-refractivity contribution in [2.45, 2.75) is 25.1 Å². The highest BCUT2D eigenvalue weighted by molar-refractivity contribution is 6.21. The molecule has 0 N–H and O–H groups in total. The lowest BCUT2D eigenvalue weighted by atomic mass is 10.1. The van der Waals surface area contributed by atoms with Crippen molar-refractivity contribution in [2.75, 3.05) is 13.1 Å². The Bertz CT molecular complexity index is 519. The van der Waals surface area contributed by atoms with Crippen LogP contribution in [-0.4, -0.2) is 34.2 Å². The fourth-order valence-electron chi connectivity index (χ4n) is 2.29. The van der Waals surface area contributed by atoms with E-state index >= 15 is 0 Å². The molecule has 1 aliphatic rings. The maximum absolute atomic E-state index is 12.3. The standard InChI is InChI=1S/C13H15ClN2O3/c1-9-7-10(4-5-12(9)16(18)19)13(17)15-6-2-3-11(14)8-15/h4-5,7,11H,2-3,6,8H2,1H3. The third-order valence-electron chi connectivity index (χ3n) is 3.29. The number of carbonyl (C=O) groups excluding carboxylic acids is 1. The van der Waals surface area contributed by atoms with Gasteiger partial charge in [0, 0.05) is 30.3 Å². The van der Waals surface area contributed by atoms with E-state index < -0.39 is 4.92 Å². The lowest BCUT2D eigenvalue weighted by Crippen LogP contribution is -2.40. The average Bonchev–Trinajstić information content (AvgIpc) is 2.37. The van der Waals surface area contributed by atoms with Gasteiger partial charge in [0.15, 0.2) is 0 Å². The average molecular weight is 283 g/mol. The molecule has 0 bridgehead atoms. The number of nitrogens with zero attached hydrogens (tertiary/aromatic N) is 2. The summed E-state index contributed by atoms with van der Waals surface area (Å²) >= 11 is 6.06. The van der Waals surface area contributed by atoms with Crippen molar-refractivity contribution in [1.82, 2.24) is 4.90 Å². The number of halogens is 1. The molecule has 1 fully saturated rings. The van der Waals surface area contributed by atoms with E-state index in [0.717, 1.165) is 12.8 Å². The van der Waals surface area contributed by atoms with E-state index in [0.29, 0.717) is 24.2 Å². The highest BCUT2D eigenvalue weighted by Crippen LogP contribution is 2.22. The lowest BCUT2D eigenvalue weighted by molar-refractivity contribution is -0.385. The van der Waals surface area contributed by atoms with Gasteiger partial charge in [-0.15, -0.1) is 11.6 Å². The molecule has 2 rings (SSSR count). The van der Waals surface area contributed by atoms with Crippen LogP contribution in [-0.2, 0) is 0 Å². The molecule has 19 heavy (non-hydrogen) atoms. The maximum atomic E-state index is 12.3. The van der Waals surface area contributed by atoms with Crippen LogP contribution >= 0.6 is 11.6 Å². The molecule has 5 nitrogen and oxygen atoms in total. The van der Waals surface area contributed by atoms with Crippen LogP contribution in [0.1, 0.15) is 28.8 Å². The lowest BCUT2D eigenvalue weighted by Gasteiger charge is -2.29. The van der Waals surface area contributed by atoms with E-state index in [2.05, 4.69) is 0 Å². The molecule has 1 atom stereocenters. The van der Waals surface area contributed by atoms with Crippen LogP contribution in [0.15, 0.2) is 18.2 Å². The van der Waals surface area contributed by atoms with E-state index in [-0.39, 0.29) is 17.0 Å². The van der Waals surface area contributed by atoms with E-state index in [4.69, 9.17) is 11.6 Å². The molecule has 1 saturated heterocycles. The van der Waals surface area contributed by atoms with Gasteiger partial charge in [-0.1, -0.05) is 0 Å². The summed E-state index contributed by atoms with van der Waals surface area (Å²) in [6.45, 7) is 2.87. The van der Waals surface area contributed by atoms with Crippen LogP contribution in [0, 0.1) is 17.0 Å². The number of nitro groups is 1. The molecule has 1 heterocycles. The zero-order valence-electron chi connectivity index (χ0n) is 10.6. The summed E-state index contributed by atoms with van der Waals surface area (Å²) in [5, 5.41) is 10.7. The number of amides is 1. The fraction of sp³-hybridized carbons (Fsp3) is 0.462. The molecule has 1 aromatic carbocycles. The third kappa shape index (κ3) is 3.04. The molecule has 1 aromatic rings. The number of nitro benzene ring substituents is 1. The number of likely N-dealkylation sites (tertiary alicyclic amines) is 1. The minimum Gasteiger partial charge on any atom is -0.337 e. The van der Waals surface area contributed by atoms with Crippen molar-refractivity contribution in [3.63, 3.8) is 0 Å². The Kier molecular flexibility index (Phi) is 4.04. The van der Waals surface area contributed by atoms with Crippen LogP contribution in [0.25, 0.3) is 0 Å². The molecule has 6 heteroatoms. The predicted molar refractivity (Wildman–Crippen MR) is 72.6 cm³/mol. The van der Waals surface area contributed by atoms with Gasteiger partial charge in [0.1, 0.15) is 0 Å². The van der Waals surface area contributed by atoms with Gasteiger partial charge in [-0.2, -0.15) is 0 Å². The van der Waals surface area contributed by atoms with E-state index in [1.54, 1.807) is 17.9 Å². The Balaban J connectivity index is 2.19. The summed E-state index contributed by atoms with van der Waals surface area (Å²) in [4.78, 5) is 24.3. The van der Waals surface area contributed by atoms with E-state index in [1.807, 2.05) is 0 Å². The van der Waals surface area contributed by atoms with Gasteiger partial charge in [0.25, 0.3) is 11.6 Å². The molecule has 0 aromatic heterocycles. The molecule has 0 radical (unpaired) electrons. The molecule has 0 spiro atoms. The summed E-state index contributed by atoms with van der Waals surface area (Å²) < 4.78 is 0. The van der Waals surface area contributed by atoms with Crippen molar-refractivity contribution in [3.8, 4) is 0 Å². The summed E-state index contributed by atoms with van der Waals surface area (Å²) in [6.07, 6.45) is 1.82. The number of piperidine rings is 1. The molecule has 0 aliphatic carbocycles. The summed E-state index contributed by atoms with van der Waals surface area (Å²) in [7, 11) is 0. The van der Waals surface area contributed by atoms with E-state index in [1.165, 1.54) is 12.1 Å². The second-order valence-corrected chi connectivity index (χ2v) is 5.37. The van der Waals surface area contributed by atoms with Gasteiger partial charge in [-0.25, -0.2) is 0 Å². The van der Waals surface area contributed by atoms with Crippen molar-refractivity contribution in [3.05, 3.63) is 39.4 Å². The highest BCUT2D eigenvalue weighted by atomic mass is 35.5. The van der Waals surface area contributed by atoms with Crippen molar-refractivity contribution in [1.29, 1.82) is 0 Å². The molecule has 102 valence electrons. The second kappa shape index (κ2) is 5.57. The number of aryl methyl sites for hydroxylation is 1. The Morgan fingerprint density at radius 1 is 1.53 bits per heavy atom. The third-order valence-corrected chi connectivity index (χ3v) is 3.65. The quantitative estimate of drug-likeness (QED) is 0.476. The van der Waals surface area contributed by atoms with Gasteiger partial charge in [-0.05, 0) is 31.9 Å². The monoisotopic (exact) mass is 282 g/mol. The van der Waals surface area contributed by atoms with Crippen LogP contribution in [0.3, 0.4) is 0 Å². The van der Waals surface area contributed by atoms with Crippen molar-refractivity contribution >= 4 is 23.2 Å². The molecule has 1 unspecified atom stereocenters. The predicted octanol–water partition coefficient (Wildman–Crippen LogP) is 2.75. The Morgan fingerprint density at radius 3 is 2.84 bits per heavy atom. The number of hydrogen-bond acceptors (Lipinski definition) is 3. The molecule has 1 aliphatic heterocycles. The van der Waals surface area contributed by atoms with Gasteiger partial charge in [0.2, 0.25) is 0 Å². The van der Waals surface area contributed by atoms with Gasteiger partial charge >= 0.3 is 0 Å². The first kappa shape index (κ1) is 13.8. The first-order chi connectivity index (χ1) is 8.99. The first-order valence-corrected chi connectivity index (χ1v) is 6.61. The summed E-state index contributed by atoms with van der Waals surface area (Å²) in [5.41, 5.74) is 1.01. The molecular weight excluding hydrogens is 268 g/mol. The Morgan fingerprint density at radius 2 is 2.26 bits per heavy atom. The van der Waals surface area contributed by atoms with Gasteiger partial charge in [0.05, 0.1) is 10.3 Å². The molecule has 1 amide bonds. The minimum absolute atomic E-state index is 0.00292. The Labute approximate surface area is 116 Å². The number of alkyl halides is 1. The Hall–Kier alpha value is -1.62. The summed E-state index contributed by atoms with van der Waals surface area (Å²) in [5.74, 6) is -0.108. The normalized spacial score (nSPS) is 19.3. The number of rotatable bonds is 2. The van der Waals surface area contributed by atoms with E-state index in [9.17, 15) is 14.9 Å². The zero-order chi connectivity index (χ0) is 14.0. The topological polar surface area (TPSA) is 63.5 Å². The fourth-order valence-corrected chi connectivity index (χ4v) is 2.61. The van der Waals surface area contributed by atoms with Crippen LogP contribution in [0.4, 0.5) is 5.69 Å². The van der Waals surface area contributed by atoms with Crippen molar-refractivity contribution < 1.29 is 9.72 Å². The molecule has 0 saturated carbocycles. The zero-order valence-corrected chi connectivity index (χ0v) is 11.4. The van der Waals surface area contributed by atoms with Gasteiger partial charge in [-0.3, -0.25) is 14.9 Å².